The third-order valence-corrected chi connectivity index (χ3v) is 2.53. The molecule has 0 saturated heterocycles. The molecule has 0 spiro atoms. The molecule has 6 heteroatoms. The summed E-state index contributed by atoms with van der Waals surface area (Å²) in [5, 5.41) is 14.0. The lowest BCUT2D eigenvalue weighted by Gasteiger charge is -2.17. The zero-order chi connectivity index (χ0) is 14.7. The van der Waals surface area contributed by atoms with Gasteiger partial charge in [0.05, 0.1) is 6.04 Å². The predicted molar refractivity (Wildman–Crippen MR) is 71.7 cm³/mol. The van der Waals surface area contributed by atoms with E-state index >= 15 is 0 Å². The molecule has 2 amide bonds. The average molecular weight is 270 g/mol. The molecule has 0 bridgehead atoms. The highest BCUT2D eigenvalue weighted by Gasteiger charge is 2.20. The highest BCUT2D eigenvalue weighted by molar-refractivity contribution is 5.82. The van der Waals surface area contributed by atoms with Gasteiger partial charge in [-0.2, -0.15) is 0 Å². The van der Waals surface area contributed by atoms with E-state index in [1.165, 1.54) is 7.11 Å². The Bertz CT molecular complexity index is 325. The molecule has 6 nitrogen and oxygen atoms in total. The number of ether oxygens (including phenoxy) is 1. The lowest BCUT2D eigenvalue weighted by atomic mass is 10.1. The molecule has 3 N–H and O–H groups in total. The SMILES string of the molecule is C#CC(CCC)NC(=O)NC(CCCOC)C(=O)O. The summed E-state index contributed by atoms with van der Waals surface area (Å²) >= 11 is 0. The van der Waals surface area contributed by atoms with E-state index in [4.69, 9.17) is 16.3 Å². The summed E-state index contributed by atoms with van der Waals surface area (Å²) in [4.78, 5) is 22.6. The molecule has 0 aromatic carbocycles. The molecule has 0 radical (unpaired) electrons. The van der Waals surface area contributed by atoms with Crippen LogP contribution >= 0.6 is 0 Å². The standard InChI is InChI=1S/C13H22N2O4/c1-4-7-10(5-2)14-13(18)15-11(12(16)17)8-6-9-19-3/h2,10-11H,4,6-9H2,1,3H3,(H,16,17)(H2,14,15,18). The second-order valence-electron chi connectivity index (χ2n) is 4.15. The lowest BCUT2D eigenvalue weighted by Crippen LogP contribution is -2.48. The van der Waals surface area contributed by atoms with Crippen LogP contribution in [0.4, 0.5) is 4.79 Å². The smallest absolute Gasteiger partial charge is 0.326 e. The van der Waals surface area contributed by atoms with Crippen molar-refractivity contribution in [2.24, 2.45) is 0 Å². The van der Waals surface area contributed by atoms with E-state index in [2.05, 4.69) is 16.6 Å². The van der Waals surface area contributed by atoms with E-state index < -0.39 is 18.0 Å². The zero-order valence-electron chi connectivity index (χ0n) is 11.4. The van der Waals surface area contributed by atoms with Gasteiger partial charge in [0.1, 0.15) is 6.04 Å². The number of nitrogens with one attached hydrogen (secondary N) is 2. The van der Waals surface area contributed by atoms with E-state index in [1.807, 2.05) is 6.92 Å². The number of amides is 2. The van der Waals surface area contributed by atoms with Crippen molar-refractivity contribution in [1.29, 1.82) is 0 Å². The Morgan fingerprint density at radius 2 is 2.05 bits per heavy atom. The van der Waals surface area contributed by atoms with Crippen LogP contribution < -0.4 is 10.6 Å². The van der Waals surface area contributed by atoms with Crippen LogP contribution in [-0.4, -0.2) is 42.9 Å². The first-order valence-electron chi connectivity index (χ1n) is 6.30. The minimum Gasteiger partial charge on any atom is -0.480 e. The number of carboxylic acid groups (broad SMARTS) is 1. The highest BCUT2D eigenvalue weighted by atomic mass is 16.5. The summed E-state index contributed by atoms with van der Waals surface area (Å²) in [6, 6.07) is -1.87. The largest absolute Gasteiger partial charge is 0.480 e. The molecule has 19 heavy (non-hydrogen) atoms. The first-order chi connectivity index (χ1) is 9.04. The fourth-order valence-electron chi connectivity index (χ4n) is 1.53. The van der Waals surface area contributed by atoms with Gasteiger partial charge in [0.2, 0.25) is 0 Å². The molecule has 0 aromatic heterocycles. The maximum atomic E-state index is 11.6. The topological polar surface area (TPSA) is 87.7 Å². The average Bonchev–Trinajstić information content (AvgIpc) is 2.37. The first-order valence-corrected chi connectivity index (χ1v) is 6.30. The van der Waals surface area contributed by atoms with Gasteiger partial charge in [-0.1, -0.05) is 19.3 Å². The molecule has 0 saturated carbocycles. The predicted octanol–water partition coefficient (Wildman–Crippen LogP) is 0.967. The number of carbonyl (C=O) groups is 2. The van der Waals surface area contributed by atoms with Gasteiger partial charge in [-0.25, -0.2) is 9.59 Å². The van der Waals surface area contributed by atoms with Crippen LogP contribution in [0.5, 0.6) is 0 Å². The number of hydrogen-bond acceptors (Lipinski definition) is 3. The highest BCUT2D eigenvalue weighted by Crippen LogP contribution is 1.99. The summed E-state index contributed by atoms with van der Waals surface area (Å²) in [5.74, 6) is 1.38. The number of carbonyl (C=O) groups excluding carboxylic acids is 1. The molecule has 2 atom stereocenters. The third-order valence-electron chi connectivity index (χ3n) is 2.53. The molecule has 2 unspecified atom stereocenters. The maximum Gasteiger partial charge on any atom is 0.326 e. The summed E-state index contributed by atoms with van der Waals surface area (Å²) in [6.45, 7) is 2.41. The molecule has 0 aliphatic heterocycles. The van der Waals surface area contributed by atoms with Crippen molar-refractivity contribution in [3.8, 4) is 12.3 Å². The monoisotopic (exact) mass is 270 g/mol. The molecule has 0 aliphatic carbocycles. The number of methoxy groups -OCH3 is 1. The van der Waals surface area contributed by atoms with Crippen molar-refractivity contribution in [2.45, 2.75) is 44.7 Å². The Morgan fingerprint density at radius 3 is 2.53 bits per heavy atom. The van der Waals surface area contributed by atoms with E-state index in [0.29, 0.717) is 25.9 Å². The van der Waals surface area contributed by atoms with Crippen molar-refractivity contribution in [3.63, 3.8) is 0 Å². The lowest BCUT2D eigenvalue weighted by molar-refractivity contribution is -0.139. The normalized spacial score (nSPS) is 13.1. The van der Waals surface area contributed by atoms with E-state index in [-0.39, 0.29) is 6.04 Å². The number of aliphatic carboxylic acids is 1. The van der Waals surface area contributed by atoms with Crippen LogP contribution in [0, 0.1) is 12.3 Å². The van der Waals surface area contributed by atoms with Gasteiger partial charge in [-0.05, 0) is 19.3 Å². The Balaban J connectivity index is 4.23. The quantitative estimate of drug-likeness (QED) is 0.430. The van der Waals surface area contributed by atoms with Crippen LogP contribution in [0.2, 0.25) is 0 Å². The van der Waals surface area contributed by atoms with Gasteiger partial charge in [-0.15, -0.1) is 6.42 Å². The van der Waals surface area contributed by atoms with Crippen molar-refractivity contribution < 1.29 is 19.4 Å². The van der Waals surface area contributed by atoms with Crippen molar-refractivity contribution >= 4 is 12.0 Å². The fraction of sp³-hybridized carbons (Fsp3) is 0.692. The van der Waals surface area contributed by atoms with E-state index in [0.717, 1.165) is 6.42 Å². The van der Waals surface area contributed by atoms with Crippen molar-refractivity contribution in [1.82, 2.24) is 10.6 Å². The second-order valence-corrected chi connectivity index (χ2v) is 4.15. The number of urea groups is 1. The molecule has 0 fully saturated rings. The van der Waals surface area contributed by atoms with Crippen LogP contribution in [0.25, 0.3) is 0 Å². The van der Waals surface area contributed by atoms with Gasteiger partial charge >= 0.3 is 12.0 Å². The molecule has 0 aliphatic rings. The molecular weight excluding hydrogens is 248 g/mol. The van der Waals surface area contributed by atoms with Crippen molar-refractivity contribution in [3.05, 3.63) is 0 Å². The minimum absolute atomic E-state index is 0.311. The summed E-state index contributed by atoms with van der Waals surface area (Å²) in [5.41, 5.74) is 0. The third kappa shape index (κ3) is 8.06. The zero-order valence-corrected chi connectivity index (χ0v) is 11.4. The van der Waals surface area contributed by atoms with E-state index in [1.54, 1.807) is 0 Å². The van der Waals surface area contributed by atoms with Crippen LogP contribution in [0.3, 0.4) is 0 Å². The fourth-order valence-corrected chi connectivity index (χ4v) is 1.53. The number of hydrogen-bond donors (Lipinski definition) is 3. The molecule has 0 aromatic rings. The van der Waals surface area contributed by atoms with E-state index in [9.17, 15) is 9.59 Å². The number of carboxylic acids is 1. The molecule has 108 valence electrons. The van der Waals surface area contributed by atoms with Crippen molar-refractivity contribution in [2.75, 3.05) is 13.7 Å². The second kappa shape index (κ2) is 10.2. The maximum absolute atomic E-state index is 11.6. The van der Waals surface area contributed by atoms with Gasteiger partial charge in [0, 0.05) is 13.7 Å². The Labute approximate surface area is 113 Å². The van der Waals surface area contributed by atoms with Crippen LogP contribution in [0.1, 0.15) is 32.6 Å². The van der Waals surface area contributed by atoms with Gasteiger partial charge < -0.3 is 20.5 Å². The first kappa shape index (κ1) is 17.3. The summed E-state index contributed by atoms with van der Waals surface area (Å²) in [7, 11) is 1.54. The molecule has 0 heterocycles. The Kier molecular flexibility index (Phi) is 9.27. The summed E-state index contributed by atoms with van der Waals surface area (Å²) < 4.78 is 4.84. The van der Waals surface area contributed by atoms with Gasteiger partial charge in [-0.3, -0.25) is 0 Å². The van der Waals surface area contributed by atoms with Gasteiger partial charge in [0.25, 0.3) is 0 Å². The minimum atomic E-state index is -1.07. The number of terminal acetylenes is 1. The molecular formula is C13H22N2O4. The Morgan fingerprint density at radius 1 is 1.37 bits per heavy atom. The number of rotatable bonds is 9. The Hall–Kier alpha value is -1.74. The summed E-state index contributed by atoms with van der Waals surface area (Å²) in [6.07, 6.45) is 7.63. The van der Waals surface area contributed by atoms with Gasteiger partial charge in [0.15, 0.2) is 0 Å². The van der Waals surface area contributed by atoms with Crippen LogP contribution in [0.15, 0.2) is 0 Å². The van der Waals surface area contributed by atoms with Crippen LogP contribution in [-0.2, 0) is 9.53 Å². The molecule has 0 rings (SSSR count).